The fourth-order valence-corrected chi connectivity index (χ4v) is 6.34. The third-order valence-corrected chi connectivity index (χ3v) is 7.31. The summed E-state index contributed by atoms with van der Waals surface area (Å²) in [5.41, 5.74) is 0.121. The molecular formula is C13H30O3SSi. The van der Waals surface area contributed by atoms with Crippen molar-refractivity contribution in [2.24, 2.45) is 0 Å². The van der Waals surface area contributed by atoms with Crippen molar-refractivity contribution in [1.82, 2.24) is 0 Å². The minimum absolute atomic E-state index is 0.121. The molecule has 1 unspecified atom stereocenters. The smallest absolute Gasteiger partial charge is 0.368 e. The van der Waals surface area contributed by atoms with Gasteiger partial charge >= 0.3 is 8.56 Å². The lowest BCUT2D eigenvalue weighted by molar-refractivity contribution is 0.0704. The highest BCUT2D eigenvalue weighted by Crippen LogP contribution is 2.25. The van der Waals surface area contributed by atoms with Crippen molar-refractivity contribution < 1.29 is 13.6 Å². The molecule has 1 atom stereocenters. The Labute approximate surface area is 119 Å². The maximum Gasteiger partial charge on any atom is 0.368 e. The monoisotopic (exact) mass is 294 g/mol. The molecule has 0 bridgehead atoms. The van der Waals surface area contributed by atoms with Gasteiger partial charge < -0.3 is 13.6 Å². The van der Waals surface area contributed by atoms with Gasteiger partial charge in [0.05, 0.1) is 0 Å². The normalized spacial score (nSPS) is 13.8. The number of hydrogen-bond acceptors (Lipinski definition) is 4. The number of rotatable bonds is 12. The zero-order chi connectivity index (χ0) is 13.9. The van der Waals surface area contributed by atoms with Gasteiger partial charge in [0.2, 0.25) is 0 Å². The van der Waals surface area contributed by atoms with Gasteiger partial charge in [0.25, 0.3) is 0 Å². The summed E-state index contributed by atoms with van der Waals surface area (Å²) in [4.78, 5) is 0. The standard InChI is InChI=1S/C13H30O3SSi/c1-5-9-15-18(12-8-11-17,16-10-6-2)13(7-3)14-4/h13,17H,5-12H2,1-4H3. The number of hydrogen-bond donors (Lipinski definition) is 1. The fraction of sp³-hybridized carbons (Fsp3) is 1.00. The Balaban J connectivity index is 4.82. The van der Waals surface area contributed by atoms with Gasteiger partial charge in [-0.15, -0.1) is 0 Å². The Morgan fingerprint density at radius 2 is 1.61 bits per heavy atom. The average molecular weight is 295 g/mol. The van der Waals surface area contributed by atoms with Crippen LogP contribution < -0.4 is 0 Å². The van der Waals surface area contributed by atoms with Crippen molar-refractivity contribution >= 4 is 21.2 Å². The fourth-order valence-electron chi connectivity index (χ4n) is 2.07. The molecule has 0 saturated heterocycles. The lowest BCUT2D eigenvalue weighted by atomic mass is 10.5. The molecular weight excluding hydrogens is 264 g/mol. The topological polar surface area (TPSA) is 27.7 Å². The van der Waals surface area contributed by atoms with E-state index in [1.807, 2.05) is 0 Å². The van der Waals surface area contributed by atoms with Crippen LogP contribution in [0.5, 0.6) is 0 Å². The average Bonchev–Trinajstić information content (AvgIpc) is 2.41. The predicted octanol–water partition coefficient (Wildman–Crippen LogP) is 3.57. The molecule has 0 aromatic carbocycles. The Morgan fingerprint density at radius 3 is 1.94 bits per heavy atom. The quantitative estimate of drug-likeness (QED) is 0.440. The van der Waals surface area contributed by atoms with Crippen LogP contribution in [0, 0.1) is 0 Å². The van der Waals surface area contributed by atoms with E-state index in [1.165, 1.54) is 0 Å². The van der Waals surface area contributed by atoms with Gasteiger partial charge in [-0.25, -0.2) is 0 Å². The van der Waals surface area contributed by atoms with Gasteiger partial charge in [0.1, 0.15) is 5.73 Å². The summed E-state index contributed by atoms with van der Waals surface area (Å²) in [7, 11) is -0.494. The van der Waals surface area contributed by atoms with E-state index in [0.29, 0.717) is 0 Å². The third-order valence-electron chi connectivity index (χ3n) is 2.93. The molecule has 0 heterocycles. The van der Waals surface area contributed by atoms with Gasteiger partial charge in [0, 0.05) is 20.3 Å². The zero-order valence-electron chi connectivity index (χ0n) is 12.4. The van der Waals surface area contributed by atoms with E-state index < -0.39 is 8.56 Å². The first-order chi connectivity index (χ1) is 8.70. The SMILES string of the molecule is CCCO[Si](CCCS)(OCCC)C(CC)OC. The van der Waals surface area contributed by atoms with Gasteiger partial charge in [-0.05, 0) is 37.5 Å². The Kier molecular flexibility index (Phi) is 11.6. The van der Waals surface area contributed by atoms with Gasteiger partial charge in [-0.2, -0.15) is 12.6 Å². The number of thiol groups is 1. The summed E-state index contributed by atoms with van der Waals surface area (Å²) in [5, 5.41) is 0. The van der Waals surface area contributed by atoms with Crippen molar-refractivity contribution in [3.05, 3.63) is 0 Å². The molecule has 0 fully saturated rings. The van der Waals surface area contributed by atoms with Crippen LogP contribution in [-0.2, 0) is 13.6 Å². The molecule has 0 aromatic rings. The lowest BCUT2D eigenvalue weighted by Gasteiger charge is -2.36. The van der Waals surface area contributed by atoms with Crippen molar-refractivity contribution in [2.45, 2.75) is 58.2 Å². The molecule has 0 aromatic heterocycles. The molecule has 0 saturated carbocycles. The van der Waals surface area contributed by atoms with E-state index in [9.17, 15) is 0 Å². The van der Waals surface area contributed by atoms with Crippen molar-refractivity contribution in [2.75, 3.05) is 26.1 Å². The number of methoxy groups -OCH3 is 1. The van der Waals surface area contributed by atoms with Crippen LogP contribution in [0.15, 0.2) is 0 Å². The van der Waals surface area contributed by atoms with E-state index in [2.05, 4.69) is 33.4 Å². The zero-order valence-corrected chi connectivity index (χ0v) is 14.3. The molecule has 5 heteroatoms. The molecule has 0 N–H and O–H groups in total. The molecule has 0 aliphatic rings. The first-order valence-electron chi connectivity index (χ1n) is 7.12. The first-order valence-corrected chi connectivity index (χ1v) is 9.85. The Hall–Kier alpha value is 0.447. The molecule has 18 heavy (non-hydrogen) atoms. The molecule has 0 amide bonds. The second-order valence-corrected chi connectivity index (χ2v) is 8.26. The maximum atomic E-state index is 6.18. The molecule has 0 spiro atoms. The van der Waals surface area contributed by atoms with Crippen molar-refractivity contribution in [3.63, 3.8) is 0 Å². The van der Waals surface area contributed by atoms with Crippen LogP contribution in [0.2, 0.25) is 6.04 Å². The molecule has 0 aliphatic carbocycles. The Bertz CT molecular complexity index is 167. The molecule has 0 radical (unpaired) electrons. The molecule has 3 nitrogen and oxygen atoms in total. The summed E-state index contributed by atoms with van der Waals surface area (Å²) in [5.74, 6) is 0.875. The minimum Gasteiger partial charge on any atom is -0.393 e. The van der Waals surface area contributed by atoms with E-state index >= 15 is 0 Å². The van der Waals surface area contributed by atoms with Crippen LogP contribution in [0.3, 0.4) is 0 Å². The molecule has 110 valence electrons. The highest BCUT2D eigenvalue weighted by Gasteiger charge is 2.45. The summed E-state index contributed by atoms with van der Waals surface area (Å²) in [6.07, 6.45) is 4.02. The highest BCUT2D eigenvalue weighted by molar-refractivity contribution is 7.80. The maximum absolute atomic E-state index is 6.18. The highest BCUT2D eigenvalue weighted by atomic mass is 32.1. The van der Waals surface area contributed by atoms with Crippen LogP contribution in [0.25, 0.3) is 0 Å². The molecule has 0 rings (SSSR count). The molecule has 0 aliphatic heterocycles. The van der Waals surface area contributed by atoms with Crippen LogP contribution in [0.4, 0.5) is 0 Å². The van der Waals surface area contributed by atoms with E-state index in [4.69, 9.17) is 13.6 Å². The van der Waals surface area contributed by atoms with Crippen molar-refractivity contribution in [3.8, 4) is 0 Å². The van der Waals surface area contributed by atoms with E-state index in [0.717, 1.165) is 50.7 Å². The minimum atomic E-state index is -2.26. The predicted molar refractivity (Wildman–Crippen MR) is 82.6 cm³/mol. The second kappa shape index (κ2) is 11.3. The summed E-state index contributed by atoms with van der Waals surface area (Å²) in [6, 6.07) is 0.975. The van der Waals surface area contributed by atoms with Gasteiger partial charge in [-0.3, -0.25) is 0 Å². The largest absolute Gasteiger partial charge is 0.393 e. The summed E-state index contributed by atoms with van der Waals surface area (Å²) >= 11 is 4.31. The summed E-state index contributed by atoms with van der Waals surface area (Å²) in [6.45, 7) is 7.93. The van der Waals surface area contributed by atoms with Gasteiger partial charge in [-0.1, -0.05) is 20.8 Å². The first kappa shape index (κ1) is 18.4. The van der Waals surface area contributed by atoms with Crippen LogP contribution >= 0.6 is 12.6 Å². The third kappa shape index (κ3) is 6.06. The number of ether oxygens (including phenoxy) is 1. The second-order valence-electron chi connectivity index (χ2n) is 4.47. The lowest BCUT2D eigenvalue weighted by Crippen LogP contribution is -2.54. The van der Waals surface area contributed by atoms with Crippen molar-refractivity contribution in [1.29, 1.82) is 0 Å². The summed E-state index contributed by atoms with van der Waals surface area (Å²) < 4.78 is 18.0. The Morgan fingerprint density at radius 1 is 1.06 bits per heavy atom. The van der Waals surface area contributed by atoms with E-state index in [-0.39, 0.29) is 5.73 Å². The van der Waals surface area contributed by atoms with Gasteiger partial charge in [0.15, 0.2) is 0 Å². The van der Waals surface area contributed by atoms with Crippen LogP contribution in [0.1, 0.15) is 46.5 Å². The van der Waals surface area contributed by atoms with E-state index in [1.54, 1.807) is 7.11 Å². The van der Waals surface area contributed by atoms with Crippen LogP contribution in [-0.4, -0.2) is 40.4 Å².